The second kappa shape index (κ2) is 9.43. The Bertz CT molecular complexity index is 932. The Balaban J connectivity index is 1.60. The predicted molar refractivity (Wildman–Crippen MR) is 108 cm³/mol. The van der Waals surface area contributed by atoms with Crippen molar-refractivity contribution in [2.75, 3.05) is 33.4 Å². The van der Waals surface area contributed by atoms with Crippen molar-refractivity contribution in [2.45, 2.75) is 24.3 Å². The zero-order valence-electron chi connectivity index (χ0n) is 16.8. The third kappa shape index (κ3) is 5.17. The van der Waals surface area contributed by atoms with Gasteiger partial charge in [0, 0.05) is 40.0 Å². The summed E-state index contributed by atoms with van der Waals surface area (Å²) in [5.74, 6) is 0.409. The average Bonchev–Trinajstić information content (AvgIpc) is 3.38. The van der Waals surface area contributed by atoms with Gasteiger partial charge in [0.05, 0.1) is 6.61 Å². The zero-order valence-corrected chi connectivity index (χ0v) is 17.6. The molecule has 29 heavy (non-hydrogen) atoms. The lowest BCUT2D eigenvalue weighted by Gasteiger charge is -2.13. The van der Waals surface area contributed by atoms with Crippen LogP contribution in [0.4, 0.5) is 0 Å². The molecule has 1 saturated heterocycles. The van der Waals surface area contributed by atoms with Gasteiger partial charge in [-0.3, -0.25) is 4.79 Å². The van der Waals surface area contributed by atoms with Crippen LogP contribution in [0, 0.1) is 0 Å². The molecule has 1 amide bonds. The molecule has 0 saturated carbocycles. The standard InChI is InChI=1S/C20H27N3O5S/c1-22-15-18(29(25,26)23-9-3-4-10-23)13-19(22)20(24)21-14-16-5-7-17(8-6-16)28-12-11-27-2/h5-8,13,15H,3-4,9-12,14H2,1-2H3,(H,21,24). The molecule has 0 bridgehead atoms. The van der Waals surface area contributed by atoms with Crippen LogP contribution in [0.5, 0.6) is 5.75 Å². The number of aryl methyl sites for hydroxylation is 1. The Kier molecular flexibility index (Phi) is 6.94. The molecule has 2 aromatic rings. The first-order valence-corrected chi connectivity index (χ1v) is 11.0. The van der Waals surface area contributed by atoms with Crippen LogP contribution in [0.2, 0.25) is 0 Å². The number of methoxy groups -OCH3 is 1. The van der Waals surface area contributed by atoms with Gasteiger partial charge in [0.2, 0.25) is 10.0 Å². The maximum Gasteiger partial charge on any atom is 0.268 e. The molecular formula is C20H27N3O5S. The highest BCUT2D eigenvalue weighted by Gasteiger charge is 2.29. The van der Waals surface area contributed by atoms with E-state index in [1.165, 1.54) is 16.6 Å². The summed E-state index contributed by atoms with van der Waals surface area (Å²) in [7, 11) is -0.257. The first-order chi connectivity index (χ1) is 13.9. The first-order valence-electron chi connectivity index (χ1n) is 9.57. The van der Waals surface area contributed by atoms with Gasteiger partial charge in [0.1, 0.15) is 22.9 Å². The number of rotatable bonds is 9. The van der Waals surface area contributed by atoms with Gasteiger partial charge in [-0.2, -0.15) is 4.31 Å². The molecule has 158 valence electrons. The lowest BCUT2D eigenvalue weighted by molar-refractivity contribution is 0.0942. The third-order valence-corrected chi connectivity index (χ3v) is 6.71. The van der Waals surface area contributed by atoms with Crippen molar-refractivity contribution >= 4 is 15.9 Å². The summed E-state index contributed by atoms with van der Waals surface area (Å²) in [6.45, 7) is 2.39. The average molecular weight is 422 g/mol. The molecule has 8 nitrogen and oxygen atoms in total. The molecule has 1 aliphatic heterocycles. The Morgan fingerprint density at radius 3 is 2.48 bits per heavy atom. The number of hydrogen-bond donors (Lipinski definition) is 1. The van der Waals surface area contributed by atoms with Crippen molar-refractivity contribution in [3.63, 3.8) is 0 Å². The van der Waals surface area contributed by atoms with Gasteiger partial charge in [-0.05, 0) is 36.6 Å². The van der Waals surface area contributed by atoms with Gasteiger partial charge >= 0.3 is 0 Å². The number of hydrogen-bond acceptors (Lipinski definition) is 5. The van der Waals surface area contributed by atoms with Crippen LogP contribution < -0.4 is 10.1 Å². The number of benzene rings is 1. The van der Waals surface area contributed by atoms with E-state index in [0.717, 1.165) is 24.2 Å². The number of carbonyl (C=O) groups is 1. The summed E-state index contributed by atoms with van der Waals surface area (Å²) in [5.41, 5.74) is 1.22. The second-order valence-electron chi connectivity index (χ2n) is 6.95. The van der Waals surface area contributed by atoms with E-state index in [2.05, 4.69) is 5.32 Å². The van der Waals surface area contributed by atoms with E-state index in [1.807, 2.05) is 24.3 Å². The number of aromatic nitrogens is 1. The number of carbonyl (C=O) groups excluding carboxylic acids is 1. The van der Waals surface area contributed by atoms with Crippen LogP contribution in [0.1, 0.15) is 28.9 Å². The molecule has 2 heterocycles. The van der Waals surface area contributed by atoms with Crippen LogP contribution in [0.25, 0.3) is 0 Å². The molecule has 3 rings (SSSR count). The maximum absolute atomic E-state index is 12.7. The van der Waals surface area contributed by atoms with Crippen LogP contribution in [0.15, 0.2) is 41.4 Å². The zero-order chi connectivity index (χ0) is 20.9. The van der Waals surface area contributed by atoms with Crippen molar-refractivity contribution in [3.05, 3.63) is 47.8 Å². The minimum atomic E-state index is -3.55. The molecular weight excluding hydrogens is 394 g/mol. The quantitative estimate of drug-likeness (QED) is 0.623. The van der Waals surface area contributed by atoms with Gasteiger partial charge in [-0.15, -0.1) is 0 Å². The van der Waals surface area contributed by atoms with Crippen molar-refractivity contribution in [3.8, 4) is 5.75 Å². The van der Waals surface area contributed by atoms with Crippen molar-refractivity contribution in [1.82, 2.24) is 14.2 Å². The third-order valence-electron chi connectivity index (χ3n) is 4.85. The molecule has 9 heteroatoms. The largest absolute Gasteiger partial charge is 0.491 e. The van der Waals surface area contributed by atoms with Gasteiger partial charge in [-0.1, -0.05) is 12.1 Å². The van der Waals surface area contributed by atoms with E-state index in [4.69, 9.17) is 9.47 Å². The van der Waals surface area contributed by atoms with E-state index in [1.54, 1.807) is 18.7 Å². The maximum atomic E-state index is 12.7. The molecule has 1 aromatic heterocycles. The van der Waals surface area contributed by atoms with E-state index in [0.29, 0.717) is 38.5 Å². The van der Waals surface area contributed by atoms with E-state index < -0.39 is 10.0 Å². The summed E-state index contributed by atoms with van der Waals surface area (Å²) in [6, 6.07) is 8.85. The summed E-state index contributed by atoms with van der Waals surface area (Å²) in [6.07, 6.45) is 3.24. The topological polar surface area (TPSA) is 89.9 Å². The molecule has 0 aliphatic carbocycles. The predicted octanol–water partition coefficient (Wildman–Crippen LogP) is 1.76. The SMILES string of the molecule is COCCOc1ccc(CNC(=O)c2cc(S(=O)(=O)N3CCCC3)cn2C)cc1. The monoisotopic (exact) mass is 421 g/mol. The van der Waals surface area contributed by atoms with Crippen LogP contribution in [0.3, 0.4) is 0 Å². The molecule has 0 unspecified atom stereocenters. The van der Waals surface area contributed by atoms with Crippen LogP contribution in [-0.4, -0.2) is 56.6 Å². The molecule has 0 atom stereocenters. The van der Waals surface area contributed by atoms with Crippen LogP contribution in [-0.2, 0) is 28.4 Å². The van der Waals surface area contributed by atoms with Gasteiger partial charge < -0.3 is 19.4 Å². The lowest BCUT2D eigenvalue weighted by atomic mass is 10.2. The molecule has 1 N–H and O–H groups in total. The van der Waals surface area contributed by atoms with E-state index in [9.17, 15) is 13.2 Å². The highest BCUT2D eigenvalue weighted by molar-refractivity contribution is 7.89. The summed E-state index contributed by atoms with van der Waals surface area (Å²) >= 11 is 0. The highest BCUT2D eigenvalue weighted by Crippen LogP contribution is 2.22. The van der Waals surface area contributed by atoms with Crippen molar-refractivity contribution in [2.24, 2.45) is 7.05 Å². The number of nitrogens with one attached hydrogen (secondary N) is 1. The normalized spacial score (nSPS) is 14.8. The summed E-state index contributed by atoms with van der Waals surface area (Å²) < 4.78 is 38.9. The lowest BCUT2D eigenvalue weighted by Crippen LogP contribution is -2.27. The Morgan fingerprint density at radius 2 is 1.83 bits per heavy atom. The number of ether oxygens (including phenoxy) is 2. The van der Waals surface area contributed by atoms with Crippen LogP contribution >= 0.6 is 0 Å². The minimum Gasteiger partial charge on any atom is -0.491 e. The Hall–Kier alpha value is -2.36. The Labute approximate surface area is 171 Å². The number of nitrogens with zero attached hydrogens (tertiary/aromatic N) is 2. The molecule has 0 spiro atoms. The second-order valence-corrected chi connectivity index (χ2v) is 8.89. The van der Waals surface area contributed by atoms with E-state index in [-0.39, 0.29) is 10.8 Å². The van der Waals surface area contributed by atoms with Crippen molar-refractivity contribution in [1.29, 1.82) is 0 Å². The van der Waals surface area contributed by atoms with Gasteiger partial charge in [0.15, 0.2) is 0 Å². The fourth-order valence-corrected chi connectivity index (χ4v) is 4.79. The van der Waals surface area contributed by atoms with Crippen molar-refractivity contribution < 1.29 is 22.7 Å². The minimum absolute atomic E-state index is 0.157. The molecule has 1 fully saturated rings. The van der Waals surface area contributed by atoms with Gasteiger partial charge in [0.25, 0.3) is 5.91 Å². The number of amides is 1. The Morgan fingerprint density at radius 1 is 1.14 bits per heavy atom. The molecule has 0 radical (unpaired) electrons. The first kappa shape index (κ1) is 21.4. The van der Waals surface area contributed by atoms with E-state index >= 15 is 0 Å². The summed E-state index contributed by atoms with van der Waals surface area (Å²) in [5, 5.41) is 2.83. The highest BCUT2D eigenvalue weighted by atomic mass is 32.2. The smallest absolute Gasteiger partial charge is 0.268 e. The van der Waals surface area contributed by atoms with Gasteiger partial charge in [-0.25, -0.2) is 8.42 Å². The molecule has 1 aromatic carbocycles. The fourth-order valence-electron chi connectivity index (χ4n) is 3.20. The molecule has 1 aliphatic rings. The number of sulfonamides is 1. The summed E-state index contributed by atoms with van der Waals surface area (Å²) in [4.78, 5) is 12.7. The fraction of sp³-hybridized carbons (Fsp3) is 0.450.